The third kappa shape index (κ3) is 5.64. The molecule has 0 saturated carbocycles. The monoisotopic (exact) mass is 426 g/mol. The lowest BCUT2D eigenvalue weighted by Crippen LogP contribution is -2.09. The van der Waals surface area contributed by atoms with Gasteiger partial charge in [-0.2, -0.15) is 0 Å². The van der Waals surface area contributed by atoms with E-state index in [1.54, 1.807) is 11.3 Å². The van der Waals surface area contributed by atoms with Crippen molar-refractivity contribution < 1.29 is 0 Å². The Hall–Kier alpha value is -1.78. The Morgan fingerprint density at radius 1 is 0.621 bits per heavy atom. The zero-order valence-corrected chi connectivity index (χ0v) is 19.8. The molecular formula is C25H34N2S2. The van der Waals surface area contributed by atoms with Crippen LogP contribution in [-0.4, -0.2) is 9.97 Å². The van der Waals surface area contributed by atoms with Crippen LogP contribution in [0.2, 0.25) is 0 Å². The summed E-state index contributed by atoms with van der Waals surface area (Å²) in [6.07, 6.45) is 0. The lowest BCUT2D eigenvalue weighted by Gasteiger charge is -2.13. The van der Waals surface area contributed by atoms with Crippen LogP contribution in [0.5, 0.6) is 0 Å². The second-order valence-electron chi connectivity index (χ2n) is 9.48. The van der Waals surface area contributed by atoms with Gasteiger partial charge in [-0.3, -0.25) is 0 Å². The number of thiazole rings is 2. The highest BCUT2D eigenvalue weighted by Crippen LogP contribution is 2.32. The molecule has 29 heavy (non-hydrogen) atoms. The van der Waals surface area contributed by atoms with Gasteiger partial charge in [-0.25, -0.2) is 9.97 Å². The molecule has 0 spiro atoms. The minimum atomic E-state index is 0. The van der Waals surface area contributed by atoms with Gasteiger partial charge in [-0.05, 0) is 49.2 Å². The minimum Gasteiger partial charge on any atom is -0.241 e. The van der Waals surface area contributed by atoms with E-state index in [1.807, 2.05) is 11.3 Å². The molecule has 0 amide bonds. The highest BCUT2D eigenvalue weighted by molar-refractivity contribution is 7.19. The first-order valence-corrected chi connectivity index (χ1v) is 11.3. The zero-order valence-electron chi connectivity index (χ0n) is 18.2. The number of aromatic nitrogens is 2. The molecule has 2 aromatic heterocycles. The second-order valence-corrected chi connectivity index (χ2v) is 11.5. The molecule has 0 bridgehead atoms. The van der Waals surface area contributed by atoms with Crippen LogP contribution in [0.15, 0.2) is 36.4 Å². The van der Waals surface area contributed by atoms with E-state index in [9.17, 15) is 0 Å². The normalized spacial score (nSPS) is 11.9. The number of hydrogen-bond acceptors (Lipinski definition) is 4. The summed E-state index contributed by atoms with van der Waals surface area (Å²) in [6, 6.07) is 12.9. The molecular weight excluding hydrogens is 392 g/mol. The molecule has 4 rings (SSSR count). The first kappa shape index (κ1) is 23.5. The molecule has 0 unspecified atom stereocenters. The van der Waals surface area contributed by atoms with Gasteiger partial charge in [0.05, 0.1) is 30.4 Å². The smallest absolute Gasteiger partial charge is 0.0992 e. The van der Waals surface area contributed by atoms with Crippen molar-refractivity contribution in [3.63, 3.8) is 0 Å². The molecule has 0 aliphatic carbocycles. The Morgan fingerprint density at radius 2 is 1.10 bits per heavy atom. The highest BCUT2D eigenvalue weighted by atomic mass is 32.1. The summed E-state index contributed by atoms with van der Waals surface area (Å²) in [5, 5.41) is 2.44. The number of rotatable bonds is 0. The molecule has 0 aliphatic rings. The lowest BCUT2D eigenvalue weighted by molar-refractivity contribution is 0.586. The van der Waals surface area contributed by atoms with Crippen LogP contribution in [0, 0.1) is 13.8 Å². The van der Waals surface area contributed by atoms with Crippen molar-refractivity contribution >= 4 is 43.1 Å². The van der Waals surface area contributed by atoms with E-state index in [4.69, 9.17) is 0 Å². The number of hydrogen-bond donors (Lipinski definition) is 0. The minimum absolute atomic E-state index is 0. The second kappa shape index (κ2) is 8.53. The maximum absolute atomic E-state index is 4.66. The molecule has 4 heteroatoms. The van der Waals surface area contributed by atoms with Crippen molar-refractivity contribution in [1.29, 1.82) is 0 Å². The Kier molecular flexibility index (Phi) is 6.91. The number of aryl methyl sites for hydroxylation is 2. The summed E-state index contributed by atoms with van der Waals surface area (Å²) in [5.41, 5.74) is 5.19. The van der Waals surface area contributed by atoms with Crippen LogP contribution in [-0.2, 0) is 10.8 Å². The molecule has 0 saturated heterocycles. The fourth-order valence-electron chi connectivity index (χ4n) is 2.71. The van der Waals surface area contributed by atoms with Crippen LogP contribution < -0.4 is 0 Å². The fraction of sp³-hybridized carbons (Fsp3) is 0.440. The summed E-state index contributed by atoms with van der Waals surface area (Å²) >= 11 is 3.61. The Labute approximate surface area is 184 Å². The van der Waals surface area contributed by atoms with Crippen LogP contribution >= 0.6 is 22.7 Å². The van der Waals surface area contributed by atoms with E-state index >= 15 is 0 Å². The van der Waals surface area contributed by atoms with E-state index in [2.05, 4.69) is 102 Å². The summed E-state index contributed by atoms with van der Waals surface area (Å²) in [6.45, 7) is 17.5. The molecule has 0 aliphatic heterocycles. The van der Waals surface area contributed by atoms with Gasteiger partial charge in [0.15, 0.2) is 0 Å². The van der Waals surface area contributed by atoms with Crippen molar-refractivity contribution in [2.75, 3.05) is 0 Å². The predicted octanol–water partition coefficient (Wildman–Crippen LogP) is 8.44. The van der Waals surface area contributed by atoms with E-state index in [-0.39, 0.29) is 18.3 Å². The predicted molar refractivity (Wildman–Crippen MR) is 133 cm³/mol. The largest absolute Gasteiger partial charge is 0.241 e. The molecule has 2 heterocycles. The number of benzene rings is 2. The van der Waals surface area contributed by atoms with Crippen molar-refractivity contribution in [1.82, 2.24) is 9.97 Å². The van der Waals surface area contributed by atoms with Crippen LogP contribution in [0.4, 0.5) is 0 Å². The molecule has 0 fully saturated rings. The lowest BCUT2D eigenvalue weighted by atomic mass is 9.98. The maximum atomic E-state index is 4.66. The molecule has 2 nitrogen and oxygen atoms in total. The van der Waals surface area contributed by atoms with Crippen LogP contribution in [0.25, 0.3) is 20.4 Å². The van der Waals surface area contributed by atoms with Crippen molar-refractivity contribution in [2.45, 2.75) is 73.6 Å². The quantitative estimate of drug-likeness (QED) is 0.282. The topological polar surface area (TPSA) is 25.8 Å². The van der Waals surface area contributed by atoms with Crippen molar-refractivity contribution in [2.24, 2.45) is 0 Å². The highest BCUT2D eigenvalue weighted by Gasteiger charge is 2.19. The molecule has 0 radical (unpaired) electrons. The molecule has 4 aromatic rings. The zero-order chi connectivity index (χ0) is 20.7. The summed E-state index contributed by atoms with van der Waals surface area (Å²) in [4.78, 5) is 9.31. The molecule has 0 atom stereocenters. The van der Waals surface area contributed by atoms with Crippen LogP contribution in [0.3, 0.4) is 0 Å². The average Bonchev–Trinajstić information content (AvgIpc) is 3.17. The standard InChI is InChI=1S/2C12H15NS.CH4/c1-8-5-6-10-9(7-8)13-11(14-10)12(2,3)4;1-8-5-6-9-10(7-8)14-11(13-9)12(2,3)4;/h2*5-7H,1-4H3;1H4. The third-order valence-corrected chi connectivity index (χ3v) is 7.28. The van der Waals surface area contributed by atoms with Gasteiger partial charge < -0.3 is 0 Å². The molecule has 2 aromatic carbocycles. The molecule has 156 valence electrons. The summed E-state index contributed by atoms with van der Waals surface area (Å²) in [7, 11) is 0. The van der Waals surface area contributed by atoms with Gasteiger partial charge in [0.1, 0.15) is 0 Å². The van der Waals surface area contributed by atoms with Gasteiger partial charge >= 0.3 is 0 Å². The Balaban J connectivity index is 0.000000200. The Bertz CT molecular complexity index is 1020. The number of nitrogens with zero attached hydrogens (tertiary/aromatic N) is 2. The van der Waals surface area contributed by atoms with Gasteiger partial charge in [0, 0.05) is 10.8 Å². The fourth-order valence-corrected chi connectivity index (χ4v) is 4.84. The average molecular weight is 427 g/mol. The first-order valence-electron chi connectivity index (χ1n) is 9.69. The van der Waals surface area contributed by atoms with E-state index in [0.717, 1.165) is 11.0 Å². The Morgan fingerprint density at radius 3 is 1.69 bits per heavy atom. The van der Waals surface area contributed by atoms with Crippen LogP contribution in [0.1, 0.15) is 70.1 Å². The van der Waals surface area contributed by atoms with Crippen molar-refractivity contribution in [3.05, 3.63) is 57.5 Å². The number of fused-ring (bicyclic) bond motifs is 2. The summed E-state index contributed by atoms with van der Waals surface area (Å²) in [5.74, 6) is 0. The van der Waals surface area contributed by atoms with Gasteiger partial charge in [-0.1, -0.05) is 61.1 Å². The van der Waals surface area contributed by atoms with E-state index < -0.39 is 0 Å². The van der Waals surface area contributed by atoms with Gasteiger partial charge in [-0.15, -0.1) is 22.7 Å². The maximum Gasteiger partial charge on any atom is 0.0992 e. The SMILES string of the molecule is C.Cc1ccc2nc(C(C)(C)C)sc2c1.Cc1ccc2sc(C(C)(C)C)nc2c1. The van der Waals surface area contributed by atoms with E-state index in [1.165, 1.54) is 30.5 Å². The third-order valence-electron chi connectivity index (χ3n) is 4.37. The summed E-state index contributed by atoms with van der Waals surface area (Å²) < 4.78 is 2.59. The van der Waals surface area contributed by atoms with Crippen molar-refractivity contribution in [3.8, 4) is 0 Å². The van der Waals surface area contributed by atoms with Gasteiger partial charge in [0.2, 0.25) is 0 Å². The van der Waals surface area contributed by atoms with Gasteiger partial charge in [0.25, 0.3) is 0 Å². The van der Waals surface area contributed by atoms with E-state index in [0.29, 0.717) is 0 Å². The first-order chi connectivity index (χ1) is 12.9. The molecule has 0 N–H and O–H groups in total.